The van der Waals surface area contributed by atoms with Crippen LogP contribution in [0, 0.1) is 0 Å². The lowest BCUT2D eigenvalue weighted by molar-refractivity contribution is -0.116. The molecule has 0 spiro atoms. The summed E-state index contributed by atoms with van der Waals surface area (Å²) in [6.07, 6.45) is 2.49. The van der Waals surface area contributed by atoms with E-state index >= 15 is 0 Å². The van der Waals surface area contributed by atoms with Crippen LogP contribution in [0.1, 0.15) is 22.5 Å². The summed E-state index contributed by atoms with van der Waals surface area (Å²) in [5.74, 6) is -0.226. The van der Waals surface area contributed by atoms with Gasteiger partial charge in [-0.1, -0.05) is 41.9 Å². The number of amides is 2. The van der Waals surface area contributed by atoms with Gasteiger partial charge in [0, 0.05) is 23.0 Å². The van der Waals surface area contributed by atoms with E-state index in [1.54, 1.807) is 11.4 Å². The molecule has 0 aliphatic heterocycles. The lowest BCUT2D eigenvalue weighted by Gasteiger charge is -2.03. The fourth-order valence-electron chi connectivity index (χ4n) is 2.17. The van der Waals surface area contributed by atoms with Crippen molar-refractivity contribution in [2.45, 2.75) is 12.8 Å². The molecule has 2 N–H and O–H groups in total. The molecule has 2 aromatic heterocycles. The minimum absolute atomic E-state index is 0.147. The average molecular weight is 387 g/mol. The van der Waals surface area contributed by atoms with E-state index in [4.69, 9.17) is 11.6 Å². The summed E-state index contributed by atoms with van der Waals surface area (Å²) in [4.78, 5) is 32.3. The van der Waals surface area contributed by atoms with Crippen LogP contribution < -0.4 is 10.6 Å². The number of rotatable bonds is 6. The van der Waals surface area contributed by atoms with Crippen LogP contribution in [0.25, 0.3) is 0 Å². The van der Waals surface area contributed by atoms with Gasteiger partial charge in [0.2, 0.25) is 5.91 Å². The number of aromatic nitrogens is 2. The van der Waals surface area contributed by atoms with E-state index < -0.39 is 5.91 Å². The highest BCUT2D eigenvalue weighted by Gasteiger charge is 2.13. The Kier molecular flexibility index (Phi) is 5.93. The first-order chi connectivity index (χ1) is 12.6. The predicted molar refractivity (Wildman–Crippen MR) is 103 cm³/mol. The summed E-state index contributed by atoms with van der Waals surface area (Å²) in [5, 5.41) is 7.75. The van der Waals surface area contributed by atoms with E-state index in [2.05, 4.69) is 20.6 Å². The molecule has 0 aliphatic carbocycles. The SMILES string of the molecule is O=C(CCc1ccccc1)Nc1nc(C(=O)Nc2cc(Cl)ccn2)cs1. The Labute approximate surface area is 159 Å². The van der Waals surface area contributed by atoms with Crippen LogP contribution >= 0.6 is 22.9 Å². The van der Waals surface area contributed by atoms with Crippen molar-refractivity contribution in [1.82, 2.24) is 9.97 Å². The Bertz CT molecular complexity index is 914. The molecule has 0 saturated heterocycles. The topological polar surface area (TPSA) is 84.0 Å². The van der Waals surface area contributed by atoms with Gasteiger partial charge in [0.15, 0.2) is 5.13 Å². The number of hydrogen-bond donors (Lipinski definition) is 2. The number of thiazole rings is 1. The van der Waals surface area contributed by atoms with Crippen molar-refractivity contribution in [3.05, 3.63) is 70.3 Å². The summed E-state index contributed by atoms with van der Waals surface area (Å²) in [6, 6.07) is 12.9. The molecule has 132 valence electrons. The van der Waals surface area contributed by atoms with Gasteiger partial charge in [0.05, 0.1) is 0 Å². The van der Waals surface area contributed by atoms with Crippen LogP contribution in [-0.2, 0) is 11.2 Å². The molecule has 3 rings (SSSR count). The second-order valence-corrected chi connectivity index (χ2v) is 6.68. The highest BCUT2D eigenvalue weighted by atomic mass is 35.5. The normalized spacial score (nSPS) is 10.3. The van der Waals surface area contributed by atoms with Crippen LogP contribution in [0.2, 0.25) is 5.02 Å². The van der Waals surface area contributed by atoms with Crippen molar-refractivity contribution in [3.63, 3.8) is 0 Å². The quantitative estimate of drug-likeness (QED) is 0.670. The number of benzene rings is 1. The summed E-state index contributed by atoms with van der Waals surface area (Å²) in [6.45, 7) is 0. The summed E-state index contributed by atoms with van der Waals surface area (Å²) >= 11 is 7.05. The standard InChI is InChI=1S/C18H15ClN4O2S/c19-13-8-9-20-15(10-13)22-17(25)14-11-26-18(21-14)23-16(24)7-6-12-4-2-1-3-5-12/h1-5,8-11H,6-7H2,(H,20,22,25)(H,21,23,24). The molecule has 6 nitrogen and oxygen atoms in total. The van der Waals surface area contributed by atoms with Gasteiger partial charge in [0.1, 0.15) is 11.5 Å². The number of halogens is 1. The number of nitrogens with zero attached hydrogens (tertiary/aromatic N) is 2. The van der Waals surface area contributed by atoms with Gasteiger partial charge in [-0.05, 0) is 24.1 Å². The highest BCUT2D eigenvalue weighted by Crippen LogP contribution is 2.18. The lowest BCUT2D eigenvalue weighted by atomic mass is 10.1. The highest BCUT2D eigenvalue weighted by molar-refractivity contribution is 7.14. The molecule has 3 aromatic rings. The summed E-state index contributed by atoms with van der Waals surface area (Å²) in [5.41, 5.74) is 1.30. The zero-order chi connectivity index (χ0) is 18.4. The van der Waals surface area contributed by atoms with E-state index in [0.29, 0.717) is 28.8 Å². The van der Waals surface area contributed by atoms with E-state index in [1.165, 1.54) is 23.6 Å². The van der Waals surface area contributed by atoms with Gasteiger partial charge in [-0.2, -0.15) is 0 Å². The van der Waals surface area contributed by atoms with Crippen molar-refractivity contribution in [2.24, 2.45) is 0 Å². The minimum atomic E-state index is -0.416. The number of pyridine rings is 1. The van der Waals surface area contributed by atoms with E-state index in [1.807, 2.05) is 30.3 Å². The Morgan fingerprint density at radius 3 is 2.69 bits per heavy atom. The molecule has 0 radical (unpaired) electrons. The predicted octanol–water partition coefficient (Wildman–Crippen LogP) is 4.02. The number of carbonyl (C=O) groups is 2. The van der Waals surface area contributed by atoms with Crippen LogP contribution in [0.15, 0.2) is 54.0 Å². The first kappa shape index (κ1) is 18.0. The van der Waals surface area contributed by atoms with Gasteiger partial charge < -0.3 is 10.6 Å². The fraction of sp³-hybridized carbons (Fsp3) is 0.111. The lowest BCUT2D eigenvalue weighted by Crippen LogP contribution is -2.15. The fourth-order valence-corrected chi connectivity index (χ4v) is 3.04. The number of carbonyl (C=O) groups excluding carboxylic acids is 2. The zero-order valence-corrected chi connectivity index (χ0v) is 15.2. The van der Waals surface area contributed by atoms with Crippen molar-refractivity contribution in [2.75, 3.05) is 10.6 Å². The molecule has 0 bridgehead atoms. The molecular weight excluding hydrogens is 372 g/mol. The zero-order valence-electron chi connectivity index (χ0n) is 13.6. The summed E-state index contributed by atoms with van der Waals surface area (Å²) < 4.78 is 0. The van der Waals surface area contributed by atoms with Crippen molar-refractivity contribution in [3.8, 4) is 0 Å². The maximum absolute atomic E-state index is 12.2. The van der Waals surface area contributed by atoms with Crippen LogP contribution in [0.4, 0.5) is 10.9 Å². The molecule has 0 fully saturated rings. The number of anilines is 2. The van der Waals surface area contributed by atoms with Crippen molar-refractivity contribution >= 4 is 45.7 Å². The number of aryl methyl sites for hydroxylation is 1. The Morgan fingerprint density at radius 1 is 1.12 bits per heavy atom. The van der Waals surface area contributed by atoms with Gasteiger partial charge in [-0.25, -0.2) is 9.97 Å². The van der Waals surface area contributed by atoms with Crippen LogP contribution in [-0.4, -0.2) is 21.8 Å². The first-order valence-electron chi connectivity index (χ1n) is 7.82. The smallest absolute Gasteiger partial charge is 0.276 e. The largest absolute Gasteiger partial charge is 0.305 e. The molecule has 2 amide bonds. The Hall–Kier alpha value is -2.77. The Balaban J connectivity index is 1.53. The second kappa shape index (κ2) is 8.55. The third-order valence-electron chi connectivity index (χ3n) is 3.43. The van der Waals surface area contributed by atoms with Gasteiger partial charge in [-0.15, -0.1) is 11.3 Å². The van der Waals surface area contributed by atoms with Gasteiger partial charge in [-0.3, -0.25) is 9.59 Å². The monoisotopic (exact) mass is 386 g/mol. The average Bonchev–Trinajstić information content (AvgIpc) is 3.09. The number of hydrogen-bond acceptors (Lipinski definition) is 5. The van der Waals surface area contributed by atoms with Crippen molar-refractivity contribution < 1.29 is 9.59 Å². The molecular formula is C18H15ClN4O2S. The molecule has 8 heteroatoms. The van der Waals surface area contributed by atoms with Crippen molar-refractivity contribution in [1.29, 1.82) is 0 Å². The summed E-state index contributed by atoms with van der Waals surface area (Å²) in [7, 11) is 0. The molecule has 1 aromatic carbocycles. The molecule has 0 unspecified atom stereocenters. The number of nitrogens with one attached hydrogen (secondary N) is 2. The van der Waals surface area contributed by atoms with E-state index in [0.717, 1.165) is 5.56 Å². The second-order valence-electron chi connectivity index (χ2n) is 5.39. The molecule has 26 heavy (non-hydrogen) atoms. The maximum atomic E-state index is 12.2. The van der Waals surface area contributed by atoms with E-state index in [9.17, 15) is 9.59 Å². The molecule has 0 atom stereocenters. The molecule has 0 saturated carbocycles. The van der Waals surface area contributed by atoms with E-state index in [-0.39, 0.29) is 11.6 Å². The van der Waals surface area contributed by atoms with Gasteiger partial charge >= 0.3 is 0 Å². The first-order valence-corrected chi connectivity index (χ1v) is 9.08. The molecule has 0 aliphatic rings. The minimum Gasteiger partial charge on any atom is -0.305 e. The van der Waals surface area contributed by atoms with Gasteiger partial charge in [0.25, 0.3) is 5.91 Å². The Morgan fingerprint density at radius 2 is 1.92 bits per heavy atom. The third-order valence-corrected chi connectivity index (χ3v) is 4.42. The van der Waals surface area contributed by atoms with Crippen LogP contribution in [0.3, 0.4) is 0 Å². The third kappa shape index (κ3) is 5.11. The molecule has 2 heterocycles. The maximum Gasteiger partial charge on any atom is 0.276 e. The van der Waals surface area contributed by atoms with Crippen LogP contribution in [0.5, 0.6) is 0 Å².